The van der Waals surface area contributed by atoms with E-state index in [-0.39, 0.29) is 0 Å². The third kappa shape index (κ3) is 4.35. The van der Waals surface area contributed by atoms with Gasteiger partial charge in [0.05, 0.1) is 5.52 Å². The van der Waals surface area contributed by atoms with Crippen LogP contribution in [0.15, 0.2) is 35.6 Å². The predicted octanol–water partition coefficient (Wildman–Crippen LogP) is 4.55. The number of hydrazone groups is 1. The molecule has 0 aliphatic carbocycles. The summed E-state index contributed by atoms with van der Waals surface area (Å²) in [5.41, 5.74) is 2.00. The molecule has 2 aromatic rings. The zero-order valence-corrected chi connectivity index (χ0v) is 14.3. The molecule has 1 fully saturated rings. The van der Waals surface area contributed by atoms with E-state index in [0.29, 0.717) is 11.1 Å². The molecule has 1 aliphatic heterocycles. The number of nitrogens with one attached hydrogen (secondary N) is 1. The Morgan fingerprint density at radius 3 is 2.96 bits per heavy atom. The van der Waals surface area contributed by atoms with Crippen molar-refractivity contribution in [2.45, 2.75) is 38.6 Å². The van der Waals surface area contributed by atoms with E-state index in [1.165, 1.54) is 19.3 Å². The van der Waals surface area contributed by atoms with Crippen LogP contribution in [-0.4, -0.2) is 35.3 Å². The topological polar surface area (TPSA) is 40.5 Å². The average Bonchev–Trinajstić information content (AvgIpc) is 2.56. The summed E-state index contributed by atoms with van der Waals surface area (Å²) in [6, 6.07) is 8.13. The van der Waals surface area contributed by atoms with Gasteiger partial charge in [0.1, 0.15) is 0 Å². The van der Waals surface area contributed by atoms with Crippen LogP contribution in [0.5, 0.6) is 0 Å². The molecular formula is C18H23ClN4. The van der Waals surface area contributed by atoms with E-state index in [2.05, 4.69) is 27.3 Å². The smallest absolute Gasteiger partial charge is 0.0737 e. The van der Waals surface area contributed by atoms with E-state index in [1.54, 1.807) is 0 Å². The van der Waals surface area contributed by atoms with Crippen molar-refractivity contribution in [3.05, 3.63) is 35.5 Å². The molecular weight excluding hydrogens is 308 g/mol. The summed E-state index contributed by atoms with van der Waals surface area (Å²) in [5.74, 6) is 0. The molecule has 1 N–H and O–H groups in total. The number of fused-ring (bicyclic) bond motifs is 1. The van der Waals surface area contributed by atoms with Gasteiger partial charge in [0.15, 0.2) is 0 Å². The fraction of sp³-hybridized carbons (Fsp3) is 0.444. The Bertz CT molecular complexity index is 680. The fourth-order valence-corrected chi connectivity index (χ4v) is 3.05. The molecule has 1 aromatic carbocycles. The minimum Gasteiger partial charge on any atom is -0.382 e. The van der Waals surface area contributed by atoms with Gasteiger partial charge in [-0.1, -0.05) is 11.6 Å². The lowest BCUT2D eigenvalue weighted by atomic mass is 10.1. The van der Waals surface area contributed by atoms with Crippen molar-refractivity contribution in [1.29, 1.82) is 0 Å². The van der Waals surface area contributed by atoms with Gasteiger partial charge in [0.2, 0.25) is 0 Å². The lowest BCUT2D eigenvalue weighted by Gasteiger charge is -2.23. The first-order valence-corrected chi connectivity index (χ1v) is 8.68. The number of hydrogen-bond acceptors (Lipinski definition) is 4. The summed E-state index contributed by atoms with van der Waals surface area (Å²) in [6.07, 6.45) is 8.60. The Morgan fingerprint density at radius 1 is 1.30 bits per heavy atom. The number of benzene rings is 1. The molecule has 5 heteroatoms. The SMILES string of the molecule is CC(C/C=N/N1CCCCC1)Nc1ccnc2cc(Cl)ccc12. The maximum absolute atomic E-state index is 6.04. The highest BCUT2D eigenvalue weighted by molar-refractivity contribution is 6.31. The molecule has 2 heterocycles. The minimum absolute atomic E-state index is 0.310. The third-order valence-electron chi connectivity index (χ3n) is 4.14. The van der Waals surface area contributed by atoms with Crippen molar-refractivity contribution < 1.29 is 0 Å². The molecule has 1 atom stereocenters. The molecule has 4 nitrogen and oxygen atoms in total. The Morgan fingerprint density at radius 2 is 2.13 bits per heavy atom. The van der Waals surface area contributed by atoms with Crippen molar-refractivity contribution in [2.75, 3.05) is 18.4 Å². The number of aromatic nitrogens is 1. The van der Waals surface area contributed by atoms with Gasteiger partial charge in [0, 0.05) is 54.1 Å². The van der Waals surface area contributed by atoms with Gasteiger partial charge in [-0.2, -0.15) is 5.10 Å². The normalized spacial score (nSPS) is 16.9. The van der Waals surface area contributed by atoms with Crippen LogP contribution in [-0.2, 0) is 0 Å². The highest BCUT2D eigenvalue weighted by atomic mass is 35.5. The summed E-state index contributed by atoms with van der Waals surface area (Å²) in [7, 11) is 0. The molecule has 1 aromatic heterocycles. The summed E-state index contributed by atoms with van der Waals surface area (Å²) >= 11 is 6.04. The molecule has 0 spiro atoms. The highest BCUT2D eigenvalue weighted by Crippen LogP contribution is 2.25. The van der Waals surface area contributed by atoms with E-state index in [9.17, 15) is 0 Å². The molecule has 0 bridgehead atoms. The quantitative estimate of drug-likeness (QED) is 0.817. The van der Waals surface area contributed by atoms with Crippen LogP contribution >= 0.6 is 11.6 Å². The van der Waals surface area contributed by atoms with Gasteiger partial charge in [0.25, 0.3) is 0 Å². The van der Waals surface area contributed by atoms with Gasteiger partial charge < -0.3 is 5.32 Å². The van der Waals surface area contributed by atoms with Crippen LogP contribution in [0, 0.1) is 0 Å². The van der Waals surface area contributed by atoms with Gasteiger partial charge in [-0.3, -0.25) is 9.99 Å². The first kappa shape index (κ1) is 16.1. The van der Waals surface area contributed by atoms with Crippen LogP contribution in [0.4, 0.5) is 5.69 Å². The van der Waals surface area contributed by atoms with E-state index in [1.807, 2.05) is 36.7 Å². The first-order chi connectivity index (χ1) is 11.2. The molecule has 122 valence electrons. The number of piperidine rings is 1. The van der Waals surface area contributed by atoms with E-state index >= 15 is 0 Å². The van der Waals surface area contributed by atoms with Gasteiger partial charge in [-0.05, 0) is 50.5 Å². The van der Waals surface area contributed by atoms with Crippen LogP contribution in [0.3, 0.4) is 0 Å². The van der Waals surface area contributed by atoms with Crippen LogP contribution in [0.2, 0.25) is 5.02 Å². The molecule has 23 heavy (non-hydrogen) atoms. The van der Waals surface area contributed by atoms with Crippen LogP contribution in [0.1, 0.15) is 32.6 Å². The zero-order valence-electron chi connectivity index (χ0n) is 13.5. The number of rotatable bonds is 5. The van der Waals surface area contributed by atoms with Crippen LogP contribution in [0.25, 0.3) is 10.9 Å². The molecule has 1 saturated heterocycles. The molecule has 0 radical (unpaired) electrons. The molecule has 1 unspecified atom stereocenters. The van der Waals surface area contributed by atoms with Gasteiger partial charge in [-0.15, -0.1) is 0 Å². The third-order valence-corrected chi connectivity index (χ3v) is 4.38. The monoisotopic (exact) mass is 330 g/mol. The Hall–Kier alpha value is -1.81. The van der Waals surface area contributed by atoms with Crippen molar-refractivity contribution >= 4 is 34.4 Å². The summed E-state index contributed by atoms with van der Waals surface area (Å²) in [5, 5.41) is 12.1. The molecule has 1 aliphatic rings. The molecule has 3 rings (SSSR count). The second-order valence-corrected chi connectivity index (χ2v) is 6.55. The number of nitrogens with zero attached hydrogens (tertiary/aromatic N) is 3. The van der Waals surface area contributed by atoms with Gasteiger partial charge >= 0.3 is 0 Å². The summed E-state index contributed by atoms with van der Waals surface area (Å²) in [6.45, 7) is 4.35. The predicted molar refractivity (Wildman–Crippen MR) is 98.4 cm³/mol. The summed E-state index contributed by atoms with van der Waals surface area (Å²) in [4.78, 5) is 4.38. The standard InChI is InChI=1S/C18H23ClN4/c1-14(7-10-21-23-11-3-2-4-12-23)22-17-8-9-20-18-13-15(19)5-6-16(17)18/h5-6,8-10,13-14H,2-4,7,11-12H2,1H3,(H,20,22)/b21-10+. The Balaban J connectivity index is 1.61. The number of pyridine rings is 1. The second-order valence-electron chi connectivity index (χ2n) is 6.11. The van der Waals surface area contributed by atoms with Crippen molar-refractivity contribution in [3.8, 4) is 0 Å². The number of halogens is 1. The lowest BCUT2D eigenvalue weighted by Crippen LogP contribution is -2.25. The maximum Gasteiger partial charge on any atom is 0.0737 e. The maximum atomic E-state index is 6.04. The lowest BCUT2D eigenvalue weighted by molar-refractivity contribution is 0.240. The van der Waals surface area contributed by atoms with E-state index in [0.717, 1.165) is 36.1 Å². The van der Waals surface area contributed by atoms with Crippen molar-refractivity contribution in [3.63, 3.8) is 0 Å². The fourth-order valence-electron chi connectivity index (χ4n) is 2.88. The largest absolute Gasteiger partial charge is 0.382 e. The molecule has 0 amide bonds. The first-order valence-electron chi connectivity index (χ1n) is 8.30. The van der Waals surface area contributed by atoms with Gasteiger partial charge in [-0.25, -0.2) is 0 Å². The van der Waals surface area contributed by atoms with Crippen molar-refractivity contribution in [1.82, 2.24) is 9.99 Å². The average molecular weight is 331 g/mol. The Labute approximate surface area is 142 Å². The van der Waals surface area contributed by atoms with Crippen LogP contribution < -0.4 is 5.32 Å². The minimum atomic E-state index is 0.310. The Kier molecular flexibility index (Phi) is 5.34. The zero-order chi connectivity index (χ0) is 16.1. The van der Waals surface area contributed by atoms with Crippen molar-refractivity contribution in [2.24, 2.45) is 5.10 Å². The second kappa shape index (κ2) is 7.64. The summed E-state index contributed by atoms with van der Waals surface area (Å²) < 4.78 is 0. The number of hydrogen-bond donors (Lipinski definition) is 1. The van der Waals surface area contributed by atoms with E-state index in [4.69, 9.17) is 11.6 Å². The molecule has 0 saturated carbocycles. The van der Waals surface area contributed by atoms with E-state index < -0.39 is 0 Å². The number of anilines is 1. The highest BCUT2D eigenvalue weighted by Gasteiger charge is 2.08.